The molecule has 0 saturated carbocycles. The summed E-state index contributed by atoms with van der Waals surface area (Å²) in [5, 5.41) is 15.1. The Bertz CT molecular complexity index is 237. The highest BCUT2D eigenvalue weighted by Crippen LogP contribution is 2.13. The van der Waals surface area contributed by atoms with Crippen molar-refractivity contribution in [2.45, 2.75) is 12.6 Å². The Kier molecular flexibility index (Phi) is 2.41. The molecule has 2 heterocycles. The van der Waals surface area contributed by atoms with Crippen molar-refractivity contribution >= 4 is 11.3 Å². The second-order valence-electron chi connectivity index (χ2n) is 2.90. The summed E-state index contributed by atoms with van der Waals surface area (Å²) in [6.45, 7) is 1.83. The molecule has 4 heteroatoms. The summed E-state index contributed by atoms with van der Waals surface area (Å²) in [6.07, 6.45) is -0.316. The number of aliphatic hydroxyl groups is 1. The van der Waals surface area contributed by atoms with Crippen LogP contribution in [0.15, 0.2) is 16.8 Å². The summed E-state index contributed by atoms with van der Waals surface area (Å²) in [5.41, 5.74) is 1.24. The maximum Gasteiger partial charge on any atom is 0.0958 e. The number of β-amino-alcohol motifs (C(OH)–C–C–N with tert-alkyl or cyclic N) is 1. The van der Waals surface area contributed by atoms with Crippen LogP contribution in [0.2, 0.25) is 0 Å². The van der Waals surface area contributed by atoms with Crippen molar-refractivity contribution in [2.75, 3.05) is 13.2 Å². The van der Waals surface area contributed by atoms with Crippen LogP contribution in [-0.2, 0) is 11.4 Å². The van der Waals surface area contributed by atoms with Crippen LogP contribution in [0.4, 0.5) is 0 Å². The molecule has 0 amide bonds. The molecule has 1 saturated heterocycles. The molecule has 0 unspecified atom stereocenters. The van der Waals surface area contributed by atoms with Crippen molar-refractivity contribution in [3.8, 4) is 0 Å². The highest BCUT2D eigenvalue weighted by Gasteiger charge is 2.20. The molecular formula is C8H11NO2S. The summed E-state index contributed by atoms with van der Waals surface area (Å²) >= 11 is 1.68. The standard InChI is InChI=1S/C8H11NO2S/c10-8-4-9(11-5-8)3-7-1-2-12-6-7/h1-2,6,8,10H,3-5H2/t8-/m0/s1. The topological polar surface area (TPSA) is 32.7 Å². The molecule has 3 nitrogen and oxygen atoms in total. The van der Waals surface area contributed by atoms with Gasteiger partial charge in [-0.1, -0.05) is 0 Å². The van der Waals surface area contributed by atoms with E-state index in [1.165, 1.54) is 5.56 Å². The molecule has 2 rings (SSSR count). The number of aliphatic hydroxyl groups excluding tert-OH is 1. The molecule has 1 atom stereocenters. The van der Waals surface area contributed by atoms with E-state index >= 15 is 0 Å². The van der Waals surface area contributed by atoms with Gasteiger partial charge in [0, 0.05) is 0 Å². The van der Waals surface area contributed by atoms with Gasteiger partial charge < -0.3 is 5.11 Å². The van der Waals surface area contributed by atoms with Gasteiger partial charge in [0.25, 0.3) is 0 Å². The zero-order valence-electron chi connectivity index (χ0n) is 6.64. The van der Waals surface area contributed by atoms with Crippen molar-refractivity contribution in [1.82, 2.24) is 5.06 Å². The molecule has 1 aromatic rings. The van der Waals surface area contributed by atoms with Crippen LogP contribution in [-0.4, -0.2) is 29.4 Å². The molecule has 1 aromatic heterocycles. The molecule has 0 aromatic carbocycles. The van der Waals surface area contributed by atoms with E-state index in [2.05, 4.69) is 11.4 Å². The summed E-state index contributed by atoms with van der Waals surface area (Å²) in [6, 6.07) is 2.07. The molecule has 1 aliphatic rings. The van der Waals surface area contributed by atoms with Gasteiger partial charge in [0.2, 0.25) is 0 Å². The Hall–Kier alpha value is -0.420. The Morgan fingerprint density at radius 1 is 1.75 bits per heavy atom. The van der Waals surface area contributed by atoms with Crippen LogP contribution in [0.3, 0.4) is 0 Å². The number of nitrogens with zero attached hydrogens (tertiary/aromatic N) is 1. The molecule has 0 spiro atoms. The molecule has 1 aliphatic heterocycles. The van der Waals surface area contributed by atoms with E-state index in [0.717, 1.165) is 6.54 Å². The van der Waals surface area contributed by atoms with Crippen LogP contribution >= 0.6 is 11.3 Å². The van der Waals surface area contributed by atoms with Crippen LogP contribution in [0, 0.1) is 0 Å². The highest BCUT2D eigenvalue weighted by atomic mass is 32.1. The molecule has 0 radical (unpaired) electrons. The second kappa shape index (κ2) is 3.53. The van der Waals surface area contributed by atoms with Gasteiger partial charge in [-0.3, -0.25) is 4.84 Å². The van der Waals surface area contributed by atoms with E-state index in [0.29, 0.717) is 13.2 Å². The van der Waals surface area contributed by atoms with Crippen molar-refractivity contribution in [3.63, 3.8) is 0 Å². The Morgan fingerprint density at radius 2 is 2.67 bits per heavy atom. The lowest BCUT2D eigenvalue weighted by atomic mass is 10.3. The molecular weight excluding hydrogens is 174 g/mol. The van der Waals surface area contributed by atoms with Gasteiger partial charge in [-0.05, 0) is 22.4 Å². The number of rotatable bonds is 2. The minimum Gasteiger partial charge on any atom is -0.389 e. The van der Waals surface area contributed by atoms with Crippen LogP contribution < -0.4 is 0 Å². The monoisotopic (exact) mass is 185 g/mol. The first-order valence-corrected chi connectivity index (χ1v) is 4.86. The Balaban J connectivity index is 1.88. The van der Waals surface area contributed by atoms with E-state index in [-0.39, 0.29) is 6.10 Å². The summed E-state index contributed by atoms with van der Waals surface area (Å²) in [7, 11) is 0. The van der Waals surface area contributed by atoms with E-state index in [1.54, 1.807) is 16.4 Å². The van der Waals surface area contributed by atoms with Gasteiger partial charge in [-0.15, -0.1) is 0 Å². The number of hydrogen-bond donors (Lipinski definition) is 1. The van der Waals surface area contributed by atoms with E-state index in [9.17, 15) is 0 Å². The minimum absolute atomic E-state index is 0.316. The molecule has 0 bridgehead atoms. The first-order chi connectivity index (χ1) is 5.84. The summed E-state index contributed by atoms with van der Waals surface area (Å²) in [5.74, 6) is 0. The van der Waals surface area contributed by atoms with Gasteiger partial charge in [0.05, 0.1) is 25.8 Å². The molecule has 12 heavy (non-hydrogen) atoms. The lowest BCUT2D eigenvalue weighted by Crippen LogP contribution is -2.20. The van der Waals surface area contributed by atoms with Gasteiger partial charge >= 0.3 is 0 Å². The predicted molar refractivity (Wildman–Crippen MR) is 46.7 cm³/mol. The van der Waals surface area contributed by atoms with E-state index < -0.39 is 0 Å². The van der Waals surface area contributed by atoms with Crippen molar-refractivity contribution < 1.29 is 9.94 Å². The Morgan fingerprint density at radius 3 is 3.25 bits per heavy atom. The number of hydroxylamine groups is 2. The SMILES string of the molecule is O[C@@H]1CON(Cc2ccsc2)C1. The fourth-order valence-corrected chi connectivity index (χ4v) is 1.89. The molecule has 0 aliphatic carbocycles. The third-order valence-corrected chi connectivity index (χ3v) is 2.53. The fourth-order valence-electron chi connectivity index (χ4n) is 1.23. The maximum atomic E-state index is 9.16. The lowest BCUT2D eigenvalue weighted by molar-refractivity contribution is -0.117. The normalized spacial score (nSPS) is 24.9. The Labute approximate surface area is 75.1 Å². The number of hydrogen-bond acceptors (Lipinski definition) is 4. The third kappa shape index (κ3) is 1.84. The quantitative estimate of drug-likeness (QED) is 0.741. The average molecular weight is 185 g/mol. The van der Waals surface area contributed by atoms with Crippen molar-refractivity contribution in [3.05, 3.63) is 22.4 Å². The maximum absolute atomic E-state index is 9.16. The van der Waals surface area contributed by atoms with Gasteiger partial charge in [0.1, 0.15) is 0 Å². The first-order valence-electron chi connectivity index (χ1n) is 3.91. The minimum atomic E-state index is -0.316. The third-order valence-electron chi connectivity index (χ3n) is 1.80. The second-order valence-corrected chi connectivity index (χ2v) is 3.68. The zero-order valence-corrected chi connectivity index (χ0v) is 7.46. The van der Waals surface area contributed by atoms with Crippen molar-refractivity contribution in [1.29, 1.82) is 0 Å². The average Bonchev–Trinajstić information content (AvgIpc) is 2.63. The van der Waals surface area contributed by atoms with E-state index in [1.807, 2.05) is 5.38 Å². The predicted octanol–water partition coefficient (Wildman–Crippen LogP) is 0.856. The zero-order chi connectivity index (χ0) is 8.39. The first kappa shape index (κ1) is 8.19. The van der Waals surface area contributed by atoms with Gasteiger partial charge in [-0.2, -0.15) is 16.4 Å². The molecule has 1 fully saturated rings. The van der Waals surface area contributed by atoms with Crippen LogP contribution in [0.1, 0.15) is 5.56 Å². The summed E-state index contributed by atoms with van der Waals surface area (Å²) < 4.78 is 0. The van der Waals surface area contributed by atoms with Gasteiger partial charge in [0.15, 0.2) is 0 Å². The number of thiophene rings is 1. The van der Waals surface area contributed by atoms with Gasteiger partial charge in [-0.25, -0.2) is 0 Å². The highest BCUT2D eigenvalue weighted by molar-refractivity contribution is 7.07. The molecule has 1 N–H and O–H groups in total. The largest absolute Gasteiger partial charge is 0.389 e. The van der Waals surface area contributed by atoms with E-state index in [4.69, 9.17) is 9.94 Å². The van der Waals surface area contributed by atoms with Crippen molar-refractivity contribution in [2.24, 2.45) is 0 Å². The van der Waals surface area contributed by atoms with Crippen LogP contribution in [0.5, 0.6) is 0 Å². The molecule has 66 valence electrons. The van der Waals surface area contributed by atoms with Crippen LogP contribution in [0.25, 0.3) is 0 Å². The lowest BCUT2D eigenvalue weighted by Gasteiger charge is -2.11. The summed E-state index contributed by atoms with van der Waals surface area (Å²) in [4.78, 5) is 5.23. The fraction of sp³-hybridized carbons (Fsp3) is 0.500. The smallest absolute Gasteiger partial charge is 0.0958 e.